The van der Waals surface area contributed by atoms with Crippen LogP contribution >= 0.6 is 0 Å². The Kier molecular flexibility index (Phi) is 11.7. The van der Waals surface area contributed by atoms with Crippen LogP contribution in [0.3, 0.4) is 0 Å². The maximum absolute atomic E-state index is 13.5. The van der Waals surface area contributed by atoms with E-state index in [0.29, 0.717) is 58.4 Å². The monoisotopic (exact) mass is 689 g/mol. The third-order valence-electron chi connectivity index (χ3n) is 8.04. The van der Waals surface area contributed by atoms with Crippen molar-refractivity contribution in [2.75, 3.05) is 31.1 Å². The topological polar surface area (TPSA) is 206 Å². The Morgan fingerprint density at radius 3 is 2.34 bits per heavy atom. The number of aromatic nitrogens is 4. The lowest BCUT2D eigenvalue weighted by atomic mass is 9.91. The van der Waals surface area contributed by atoms with Crippen molar-refractivity contribution in [3.05, 3.63) is 70.6 Å². The second kappa shape index (κ2) is 15.8. The number of amides is 3. The van der Waals surface area contributed by atoms with Crippen molar-refractivity contribution in [3.63, 3.8) is 0 Å². The molecule has 7 N–H and O–H groups in total. The number of hydrogen-bond acceptors (Lipinski definition) is 9. The second-order valence-electron chi connectivity index (χ2n) is 13.0. The van der Waals surface area contributed by atoms with Gasteiger partial charge in [0.15, 0.2) is 0 Å². The van der Waals surface area contributed by atoms with E-state index in [9.17, 15) is 19.6 Å². The third kappa shape index (κ3) is 8.52. The Labute approximate surface area is 290 Å². The fourth-order valence-electron chi connectivity index (χ4n) is 5.57. The summed E-state index contributed by atoms with van der Waals surface area (Å²) in [6.45, 7) is 11.6. The molecular weight excluding hydrogens is 642 g/mol. The Morgan fingerprint density at radius 1 is 1.04 bits per heavy atom. The van der Waals surface area contributed by atoms with Gasteiger partial charge in [0.05, 0.1) is 30.6 Å². The first-order chi connectivity index (χ1) is 23.7. The fourth-order valence-corrected chi connectivity index (χ4v) is 5.57. The highest BCUT2D eigenvalue weighted by atomic mass is 16.5. The highest BCUT2D eigenvalue weighted by Gasteiger charge is 2.20. The molecule has 0 aliphatic heterocycles. The largest absolute Gasteiger partial charge is 0.494 e. The number of primary amides is 2. The summed E-state index contributed by atoms with van der Waals surface area (Å²) in [5.41, 5.74) is 17.0. The van der Waals surface area contributed by atoms with Gasteiger partial charge in [-0.25, -0.2) is 0 Å². The van der Waals surface area contributed by atoms with Crippen LogP contribution in [0.5, 0.6) is 11.5 Å². The van der Waals surface area contributed by atoms with E-state index in [1.54, 1.807) is 45.1 Å². The molecule has 2 aromatic carbocycles. The molecule has 0 aliphatic rings. The van der Waals surface area contributed by atoms with Crippen molar-refractivity contribution in [2.45, 2.75) is 60.5 Å². The van der Waals surface area contributed by atoms with Crippen molar-refractivity contribution >= 4 is 40.1 Å². The Morgan fingerprint density at radius 2 is 1.72 bits per heavy atom. The van der Waals surface area contributed by atoms with Gasteiger partial charge < -0.3 is 35.4 Å². The molecule has 0 saturated heterocycles. The molecule has 3 amide bonds. The minimum Gasteiger partial charge on any atom is -0.494 e. The molecule has 2 heterocycles. The number of methoxy groups -OCH3 is 1. The van der Waals surface area contributed by atoms with Gasteiger partial charge in [0.25, 0.3) is 5.91 Å². The van der Waals surface area contributed by atoms with Crippen LogP contribution in [-0.2, 0) is 20.1 Å². The standard InChI is InChI=1S/C35H47N9O6/c1-8-44-26(16-21(2)40-44)33(47)39-34-42(6)25-18-23(32(37)46)20-28(49-7)30(25)43(34)14-10-9-13-38-29-24(41-48)17-22(31(36)45)19-27(29)50-15-11-12-35(3,4)5/h9-10,16-20,38,41,48H,8,11-15H2,1-7H3,(H2,36,45)(H2,37,46)/b10-9+,39-34+. The van der Waals surface area contributed by atoms with E-state index in [1.807, 2.05) is 26.0 Å². The highest BCUT2D eigenvalue weighted by Crippen LogP contribution is 2.35. The molecule has 50 heavy (non-hydrogen) atoms. The second-order valence-corrected chi connectivity index (χ2v) is 13.0. The number of aryl methyl sites for hydroxylation is 3. The average Bonchev–Trinajstić information content (AvgIpc) is 3.58. The van der Waals surface area contributed by atoms with Crippen molar-refractivity contribution in [1.29, 1.82) is 0 Å². The molecule has 4 rings (SSSR count). The smallest absolute Gasteiger partial charge is 0.298 e. The number of anilines is 2. The molecule has 0 radical (unpaired) electrons. The third-order valence-corrected chi connectivity index (χ3v) is 8.04. The quantitative estimate of drug-likeness (QED) is 0.0690. The lowest BCUT2D eigenvalue weighted by Crippen LogP contribution is -2.26. The number of fused-ring (bicyclic) bond motifs is 1. The highest BCUT2D eigenvalue weighted by molar-refractivity contribution is 5.99. The summed E-state index contributed by atoms with van der Waals surface area (Å²) >= 11 is 0. The number of imidazole rings is 1. The summed E-state index contributed by atoms with van der Waals surface area (Å²) in [6, 6.07) is 7.85. The summed E-state index contributed by atoms with van der Waals surface area (Å²) in [5.74, 6) is -1.03. The first kappa shape index (κ1) is 37.3. The molecule has 15 heteroatoms. The molecule has 0 saturated carbocycles. The SMILES string of the molecule is CCn1nc(C)cc1C(=O)/N=c1\n(C)c2cc(C(N)=O)cc(OC)c2n1C/C=C/CNc1c(NO)cc(C(N)=O)cc1OCCCC(C)(C)C. The molecule has 15 nitrogen and oxygen atoms in total. The van der Waals surface area contributed by atoms with Crippen molar-refractivity contribution < 1.29 is 29.1 Å². The Bertz CT molecular complexity index is 2000. The number of hydrogen-bond donors (Lipinski definition) is 5. The normalized spacial score (nSPS) is 12.1. The summed E-state index contributed by atoms with van der Waals surface area (Å²) in [5, 5.41) is 17.5. The number of benzene rings is 2. The van der Waals surface area contributed by atoms with Crippen LogP contribution in [0.15, 0.2) is 47.5 Å². The minimum absolute atomic E-state index is 0.135. The predicted molar refractivity (Wildman–Crippen MR) is 191 cm³/mol. The van der Waals surface area contributed by atoms with Crippen LogP contribution in [0, 0.1) is 12.3 Å². The van der Waals surface area contributed by atoms with Gasteiger partial charge >= 0.3 is 0 Å². The number of nitrogens with two attached hydrogens (primary N) is 2. The van der Waals surface area contributed by atoms with E-state index in [4.69, 9.17) is 20.9 Å². The van der Waals surface area contributed by atoms with Gasteiger partial charge in [-0.3, -0.25) is 29.8 Å². The zero-order valence-electron chi connectivity index (χ0n) is 29.7. The predicted octanol–water partition coefficient (Wildman–Crippen LogP) is 4.13. The van der Waals surface area contributed by atoms with Crippen LogP contribution in [0.4, 0.5) is 11.4 Å². The van der Waals surface area contributed by atoms with Crippen molar-refractivity contribution in [3.8, 4) is 11.5 Å². The Balaban J connectivity index is 1.69. The number of carbonyl (C=O) groups excluding carboxylic acids is 3. The maximum Gasteiger partial charge on any atom is 0.298 e. The van der Waals surface area contributed by atoms with E-state index in [-0.39, 0.29) is 35.3 Å². The zero-order chi connectivity index (χ0) is 36.7. The molecule has 0 aliphatic carbocycles. The molecule has 0 atom stereocenters. The van der Waals surface area contributed by atoms with Gasteiger partial charge in [-0.1, -0.05) is 32.9 Å². The number of nitrogens with one attached hydrogen (secondary N) is 2. The summed E-state index contributed by atoms with van der Waals surface area (Å²) in [7, 11) is 3.23. The van der Waals surface area contributed by atoms with E-state index in [0.717, 1.165) is 12.8 Å². The minimum atomic E-state index is -0.660. The maximum atomic E-state index is 13.5. The zero-order valence-corrected chi connectivity index (χ0v) is 29.7. The number of ether oxygens (including phenoxy) is 2. The molecule has 4 aromatic rings. The molecule has 0 bridgehead atoms. The van der Waals surface area contributed by atoms with Crippen LogP contribution in [-0.4, -0.2) is 62.1 Å². The number of rotatable bonds is 15. The van der Waals surface area contributed by atoms with Gasteiger partial charge in [0.2, 0.25) is 17.4 Å². The van der Waals surface area contributed by atoms with Gasteiger partial charge in [-0.15, -0.1) is 0 Å². The van der Waals surface area contributed by atoms with Crippen LogP contribution in [0.2, 0.25) is 0 Å². The number of carbonyl (C=O) groups is 3. The van der Waals surface area contributed by atoms with Crippen LogP contribution in [0.1, 0.15) is 77.4 Å². The molecule has 0 unspecified atom stereocenters. The van der Waals surface area contributed by atoms with E-state index in [1.165, 1.54) is 13.2 Å². The fraction of sp³-hybridized carbons (Fsp3) is 0.400. The summed E-state index contributed by atoms with van der Waals surface area (Å²) in [6.07, 6.45) is 5.44. The molecular formula is C35H47N9O6. The van der Waals surface area contributed by atoms with E-state index < -0.39 is 17.7 Å². The van der Waals surface area contributed by atoms with E-state index >= 15 is 0 Å². The van der Waals surface area contributed by atoms with Crippen molar-refractivity contribution in [2.24, 2.45) is 28.9 Å². The molecule has 0 spiro atoms. The van der Waals surface area contributed by atoms with Crippen LogP contribution < -0.4 is 37.4 Å². The van der Waals surface area contributed by atoms with Crippen LogP contribution in [0.25, 0.3) is 11.0 Å². The summed E-state index contributed by atoms with van der Waals surface area (Å²) < 4.78 is 16.8. The lowest BCUT2D eigenvalue weighted by molar-refractivity contribution is 0.0980. The number of allylic oxidation sites excluding steroid dienone is 1. The van der Waals surface area contributed by atoms with Gasteiger partial charge in [0, 0.05) is 37.8 Å². The van der Waals surface area contributed by atoms with Gasteiger partial charge in [-0.05, 0) is 62.4 Å². The van der Waals surface area contributed by atoms with E-state index in [2.05, 4.69) is 41.7 Å². The molecule has 268 valence electrons. The number of nitrogens with zero attached hydrogens (tertiary/aromatic N) is 5. The molecule has 2 aromatic heterocycles. The average molecular weight is 690 g/mol. The lowest BCUT2D eigenvalue weighted by Gasteiger charge is -2.20. The van der Waals surface area contributed by atoms with Gasteiger partial charge in [-0.2, -0.15) is 10.1 Å². The van der Waals surface area contributed by atoms with Gasteiger partial charge in [0.1, 0.15) is 28.4 Å². The first-order valence-electron chi connectivity index (χ1n) is 16.3. The summed E-state index contributed by atoms with van der Waals surface area (Å²) in [4.78, 5) is 42.1. The Hall–Kier alpha value is -5.57. The first-order valence-corrected chi connectivity index (χ1v) is 16.3. The van der Waals surface area contributed by atoms with Crippen molar-refractivity contribution in [1.82, 2.24) is 18.9 Å². The molecule has 0 fully saturated rings.